The first kappa shape index (κ1) is 13.5. The highest BCUT2D eigenvalue weighted by molar-refractivity contribution is 5.05. The van der Waals surface area contributed by atoms with Crippen LogP contribution in [-0.2, 0) is 0 Å². The van der Waals surface area contributed by atoms with Gasteiger partial charge in [0.15, 0.2) is 0 Å². The van der Waals surface area contributed by atoms with E-state index in [0.29, 0.717) is 5.92 Å². The fourth-order valence-electron chi connectivity index (χ4n) is 2.18. The van der Waals surface area contributed by atoms with Crippen LogP contribution >= 0.6 is 0 Å². The van der Waals surface area contributed by atoms with Gasteiger partial charge in [-0.05, 0) is 52.4 Å². The van der Waals surface area contributed by atoms with Crippen molar-refractivity contribution in [2.75, 3.05) is 0 Å². The van der Waals surface area contributed by atoms with Crippen LogP contribution in [-0.4, -0.2) is 10.7 Å². The Morgan fingerprint density at radius 3 is 2.56 bits per heavy atom. The van der Waals surface area contributed by atoms with Crippen molar-refractivity contribution in [2.45, 2.75) is 59.0 Å². The Labute approximate surface area is 100 Å². The van der Waals surface area contributed by atoms with E-state index < -0.39 is 5.60 Å². The first-order valence-electron chi connectivity index (χ1n) is 6.46. The highest BCUT2D eigenvalue weighted by Gasteiger charge is 2.24. The maximum atomic E-state index is 10.1. The first-order valence-corrected chi connectivity index (χ1v) is 6.46. The third-order valence-electron chi connectivity index (χ3n) is 3.54. The monoisotopic (exact) mass is 222 g/mol. The molecule has 0 amide bonds. The van der Waals surface area contributed by atoms with Crippen molar-refractivity contribution in [3.63, 3.8) is 0 Å². The average molecular weight is 222 g/mol. The molecule has 0 aromatic heterocycles. The molecular formula is C15H26O. The highest BCUT2D eigenvalue weighted by Crippen LogP contribution is 2.27. The molecule has 0 aromatic rings. The molecule has 1 nitrogen and oxygen atoms in total. The quantitative estimate of drug-likeness (QED) is 0.663. The summed E-state index contributed by atoms with van der Waals surface area (Å²) in [6.45, 7) is 8.29. The minimum Gasteiger partial charge on any atom is -0.390 e. The molecule has 0 saturated carbocycles. The number of aliphatic hydroxyl groups is 1. The molecule has 1 N–H and O–H groups in total. The molecule has 0 aliphatic heterocycles. The molecule has 0 radical (unpaired) electrons. The fourth-order valence-corrected chi connectivity index (χ4v) is 2.18. The van der Waals surface area contributed by atoms with Gasteiger partial charge in [0.25, 0.3) is 0 Å². The summed E-state index contributed by atoms with van der Waals surface area (Å²) in [6.07, 6.45) is 11.4. The van der Waals surface area contributed by atoms with E-state index >= 15 is 0 Å². The summed E-state index contributed by atoms with van der Waals surface area (Å²) in [5.41, 5.74) is 0.868. The van der Waals surface area contributed by atoms with Gasteiger partial charge in [-0.3, -0.25) is 0 Å². The Balaban J connectivity index is 2.76. The molecule has 1 rings (SSSR count). The summed E-state index contributed by atoms with van der Waals surface area (Å²) >= 11 is 0. The van der Waals surface area contributed by atoms with Gasteiger partial charge in [0.1, 0.15) is 0 Å². The van der Waals surface area contributed by atoms with E-state index in [4.69, 9.17) is 0 Å². The minimum atomic E-state index is -0.601. The van der Waals surface area contributed by atoms with E-state index in [0.717, 1.165) is 12.8 Å². The van der Waals surface area contributed by atoms with Gasteiger partial charge in [-0.2, -0.15) is 0 Å². The number of hydrogen-bond donors (Lipinski definition) is 1. The van der Waals surface area contributed by atoms with E-state index in [1.807, 2.05) is 13.8 Å². The lowest BCUT2D eigenvalue weighted by Gasteiger charge is -2.27. The Morgan fingerprint density at radius 1 is 1.25 bits per heavy atom. The molecule has 0 fully saturated rings. The Hall–Kier alpha value is -0.560. The molecule has 0 heterocycles. The molecule has 0 saturated heterocycles. The van der Waals surface area contributed by atoms with E-state index in [-0.39, 0.29) is 5.92 Å². The van der Waals surface area contributed by atoms with Gasteiger partial charge in [0, 0.05) is 5.92 Å². The predicted octanol–water partition coefficient (Wildman–Crippen LogP) is 4.09. The van der Waals surface area contributed by atoms with E-state index in [1.165, 1.54) is 18.4 Å². The van der Waals surface area contributed by atoms with Gasteiger partial charge in [-0.1, -0.05) is 30.7 Å². The van der Waals surface area contributed by atoms with Gasteiger partial charge >= 0.3 is 0 Å². The van der Waals surface area contributed by atoms with Crippen LogP contribution in [0.25, 0.3) is 0 Å². The molecule has 16 heavy (non-hydrogen) atoms. The molecule has 1 aliphatic rings. The van der Waals surface area contributed by atoms with Crippen LogP contribution in [0.1, 0.15) is 53.4 Å². The molecular weight excluding hydrogens is 196 g/mol. The van der Waals surface area contributed by atoms with Gasteiger partial charge in [0.2, 0.25) is 0 Å². The SMILES string of the molecule is C/C1=C/CC[C@@H](C)/C=C\[C@H](C(C)(C)O)CC1. The Morgan fingerprint density at radius 2 is 1.94 bits per heavy atom. The van der Waals surface area contributed by atoms with Crippen LogP contribution < -0.4 is 0 Å². The lowest BCUT2D eigenvalue weighted by molar-refractivity contribution is 0.0336. The molecule has 0 unspecified atom stereocenters. The largest absolute Gasteiger partial charge is 0.390 e. The standard InChI is InChI=1S/C15H26O/c1-12-6-5-7-13(2)9-11-14(10-8-12)15(3,4)16/h6,9,11,13-14,16H,5,7-8,10H2,1-4H3/b11-9-,12-6-/t13-,14-/m1/s1. The van der Waals surface area contributed by atoms with Crippen molar-refractivity contribution >= 4 is 0 Å². The topological polar surface area (TPSA) is 20.2 Å². The summed E-state index contributed by atoms with van der Waals surface area (Å²) in [5.74, 6) is 0.892. The zero-order valence-electron chi connectivity index (χ0n) is 11.2. The Bertz CT molecular complexity index is 268. The molecule has 2 atom stereocenters. The van der Waals surface area contributed by atoms with Gasteiger partial charge < -0.3 is 5.11 Å². The number of hydrogen-bond acceptors (Lipinski definition) is 1. The van der Waals surface area contributed by atoms with E-state index in [9.17, 15) is 5.11 Å². The maximum Gasteiger partial charge on any atom is 0.0654 e. The number of allylic oxidation sites excluding steroid dienone is 3. The van der Waals surface area contributed by atoms with Crippen molar-refractivity contribution in [1.29, 1.82) is 0 Å². The third kappa shape index (κ3) is 4.52. The van der Waals surface area contributed by atoms with E-state index in [1.54, 1.807) is 0 Å². The van der Waals surface area contributed by atoms with Gasteiger partial charge in [-0.25, -0.2) is 0 Å². The number of rotatable bonds is 1. The van der Waals surface area contributed by atoms with Crippen LogP contribution in [0.15, 0.2) is 23.8 Å². The van der Waals surface area contributed by atoms with Crippen molar-refractivity contribution in [1.82, 2.24) is 0 Å². The van der Waals surface area contributed by atoms with Crippen molar-refractivity contribution in [3.05, 3.63) is 23.8 Å². The van der Waals surface area contributed by atoms with Crippen LogP contribution in [0.5, 0.6) is 0 Å². The molecule has 1 heteroatoms. The third-order valence-corrected chi connectivity index (χ3v) is 3.54. The molecule has 92 valence electrons. The summed E-state index contributed by atoms with van der Waals surface area (Å²) in [6, 6.07) is 0. The first-order chi connectivity index (χ1) is 7.39. The van der Waals surface area contributed by atoms with Crippen molar-refractivity contribution < 1.29 is 5.11 Å². The zero-order chi connectivity index (χ0) is 12.2. The minimum absolute atomic E-state index is 0.274. The van der Waals surface area contributed by atoms with Gasteiger partial charge in [-0.15, -0.1) is 0 Å². The molecule has 0 bridgehead atoms. The Kier molecular flexibility index (Phi) is 4.79. The van der Waals surface area contributed by atoms with Gasteiger partial charge in [0.05, 0.1) is 5.60 Å². The maximum absolute atomic E-state index is 10.1. The summed E-state index contributed by atoms with van der Waals surface area (Å²) < 4.78 is 0. The highest BCUT2D eigenvalue weighted by atomic mass is 16.3. The molecule has 0 aromatic carbocycles. The molecule has 0 spiro atoms. The average Bonchev–Trinajstić information content (AvgIpc) is 2.15. The second-order valence-corrected chi connectivity index (χ2v) is 5.79. The zero-order valence-corrected chi connectivity index (χ0v) is 11.2. The second kappa shape index (κ2) is 5.67. The predicted molar refractivity (Wildman–Crippen MR) is 70.3 cm³/mol. The second-order valence-electron chi connectivity index (χ2n) is 5.79. The fraction of sp³-hybridized carbons (Fsp3) is 0.733. The van der Waals surface area contributed by atoms with E-state index in [2.05, 4.69) is 32.1 Å². The normalized spacial score (nSPS) is 33.9. The lowest BCUT2D eigenvalue weighted by atomic mass is 9.84. The van der Waals surface area contributed by atoms with Crippen LogP contribution in [0, 0.1) is 11.8 Å². The van der Waals surface area contributed by atoms with Crippen LogP contribution in [0.3, 0.4) is 0 Å². The van der Waals surface area contributed by atoms with Crippen LogP contribution in [0.2, 0.25) is 0 Å². The molecule has 1 aliphatic carbocycles. The summed E-state index contributed by atoms with van der Waals surface area (Å²) in [4.78, 5) is 0. The lowest BCUT2D eigenvalue weighted by Crippen LogP contribution is -2.29. The van der Waals surface area contributed by atoms with Crippen molar-refractivity contribution in [2.24, 2.45) is 11.8 Å². The van der Waals surface area contributed by atoms with Crippen molar-refractivity contribution in [3.8, 4) is 0 Å². The summed E-state index contributed by atoms with van der Waals surface area (Å²) in [5, 5.41) is 10.1. The smallest absolute Gasteiger partial charge is 0.0654 e. The summed E-state index contributed by atoms with van der Waals surface area (Å²) in [7, 11) is 0. The van der Waals surface area contributed by atoms with Crippen LogP contribution in [0.4, 0.5) is 0 Å².